The number of benzene rings is 2. The molecule has 0 heterocycles. The molecule has 0 aromatic heterocycles. The van der Waals surface area contributed by atoms with Gasteiger partial charge in [-0.1, -0.05) is 18.2 Å². The summed E-state index contributed by atoms with van der Waals surface area (Å²) in [4.78, 5) is 12.0. The summed E-state index contributed by atoms with van der Waals surface area (Å²) in [5.74, 6) is -0.732. The number of carbonyl (C=O) groups is 1. The maximum Gasteiger partial charge on any atom is 0.248 e. The fourth-order valence-corrected chi connectivity index (χ4v) is 2.90. The molecule has 2 rings (SSSR count). The molecule has 0 aliphatic carbocycles. The maximum atomic E-state index is 12.8. The Bertz CT molecular complexity index is 874. The van der Waals surface area contributed by atoms with Crippen LogP contribution in [0.25, 0.3) is 6.08 Å². The van der Waals surface area contributed by atoms with Gasteiger partial charge in [-0.15, -0.1) is 6.58 Å². The summed E-state index contributed by atoms with van der Waals surface area (Å²) in [5.41, 5.74) is 1.14. The van der Waals surface area contributed by atoms with Crippen LogP contribution in [-0.2, 0) is 14.8 Å². The third-order valence-electron chi connectivity index (χ3n) is 3.15. The van der Waals surface area contributed by atoms with E-state index in [0.29, 0.717) is 11.3 Å². The smallest absolute Gasteiger partial charge is 0.248 e. The van der Waals surface area contributed by atoms with E-state index >= 15 is 0 Å². The van der Waals surface area contributed by atoms with Crippen molar-refractivity contribution in [3.63, 3.8) is 0 Å². The Morgan fingerprint density at radius 3 is 2.32 bits per heavy atom. The van der Waals surface area contributed by atoms with Crippen LogP contribution in [0.2, 0.25) is 0 Å². The SMILES string of the molecule is C=CCNS(=O)(=O)c1ccc(NC(=O)C=Cc2ccc(F)cc2)cc1. The van der Waals surface area contributed by atoms with Crippen LogP contribution >= 0.6 is 0 Å². The van der Waals surface area contributed by atoms with E-state index in [-0.39, 0.29) is 23.2 Å². The van der Waals surface area contributed by atoms with Gasteiger partial charge in [0.25, 0.3) is 0 Å². The molecule has 5 nitrogen and oxygen atoms in total. The number of rotatable bonds is 7. The molecule has 0 aliphatic rings. The molecule has 25 heavy (non-hydrogen) atoms. The van der Waals surface area contributed by atoms with Crippen LogP contribution in [0.15, 0.2) is 72.2 Å². The number of hydrogen-bond acceptors (Lipinski definition) is 3. The van der Waals surface area contributed by atoms with E-state index < -0.39 is 10.0 Å². The average Bonchev–Trinajstić information content (AvgIpc) is 2.60. The van der Waals surface area contributed by atoms with E-state index in [9.17, 15) is 17.6 Å². The largest absolute Gasteiger partial charge is 0.323 e. The van der Waals surface area contributed by atoms with Crippen LogP contribution in [0, 0.1) is 5.82 Å². The number of nitrogens with one attached hydrogen (secondary N) is 2. The van der Waals surface area contributed by atoms with Crippen molar-refractivity contribution >= 4 is 27.7 Å². The first-order chi connectivity index (χ1) is 11.9. The van der Waals surface area contributed by atoms with Crippen molar-refractivity contribution in [2.45, 2.75) is 4.90 Å². The molecule has 0 atom stereocenters. The highest BCUT2D eigenvalue weighted by Gasteiger charge is 2.12. The molecule has 130 valence electrons. The van der Waals surface area contributed by atoms with Crippen molar-refractivity contribution in [3.05, 3.63) is 78.6 Å². The van der Waals surface area contributed by atoms with Gasteiger partial charge in [-0.25, -0.2) is 17.5 Å². The van der Waals surface area contributed by atoms with Gasteiger partial charge in [0.1, 0.15) is 5.82 Å². The Hall–Kier alpha value is -2.77. The number of carbonyl (C=O) groups excluding carboxylic acids is 1. The third kappa shape index (κ3) is 5.66. The molecule has 0 aliphatic heterocycles. The summed E-state index contributed by atoms with van der Waals surface area (Å²) in [5, 5.41) is 2.61. The van der Waals surface area contributed by atoms with Crippen LogP contribution in [-0.4, -0.2) is 20.9 Å². The second-order valence-corrected chi connectivity index (χ2v) is 6.81. The van der Waals surface area contributed by atoms with E-state index in [4.69, 9.17) is 0 Å². The molecule has 0 unspecified atom stereocenters. The second-order valence-electron chi connectivity index (χ2n) is 5.04. The van der Waals surface area contributed by atoms with Gasteiger partial charge in [0.15, 0.2) is 0 Å². The van der Waals surface area contributed by atoms with E-state index in [0.717, 1.165) is 0 Å². The molecule has 2 aromatic rings. The van der Waals surface area contributed by atoms with Crippen LogP contribution in [0.5, 0.6) is 0 Å². The number of halogens is 1. The van der Waals surface area contributed by atoms with Gasteiger partial charge in [0.05, 0.1) is 4.90 Å². The van der Waals surface area contributed by atoms with Crippen molar-refractivity contribution in [2.24, 2.45) is 0 Å². The zero-order valence-electron chi connectivity index (χ0n) is 13.3. The Morgan fingerprint density at radius 1 is 1.08 bits per heavy atom. The Balaban J connectivity index is 1.99. The molecule has 7 heteroatoms. The molecule has 2 aromatic carbocycles. The highest BCUT2D eigenvalue weighted by molar-refractivity contribution is 7.89. The van der Waals surface area contributed by atoms with Gasteiger partial charge in [0, 0.05) is 18.3 Å². The molecule has 0 saturated carbocycles. The molecule has 0 fully saturated rings. The first-order valence-electron chi connectivity index (χ1n) is 7.36. The predicted molar refractivity (Wildman–Crippen MR) is 95.9 cm³/mol. The minimum atomic E-state index is -3.60. The second kappa shape index (κ2) is 8.36. The van der Waals surface area contributed by atoms with Crippen LogP contribution in [0.4, 0.5) is 10.1 Å². The Kier molecular flexibility index (Phi) is 6.21. The van der Waals surface area contributed by atoms with Crippen LogP contribution in [0.3, 0.4) is 0 Å². The van der Waals surface area contributed by atoms with Gasteiger partial charge >= 0.3 is 0 Å². The molecule has 0 spiro atoms. The van der Waals surface area contributed by atoms with E-state index in [1.165, 1.54) is 48.6 Å². The molecule has 0 bridgehead atoms. The summed E-state index contributed by atoms with van der Waals surface area (Å²) >= 11 is 0. The lowest BCUT2D eigenvalue weighted by Gasteiger charge is -2.06. The summed E-state index contributed by atoms with van der Waals surface area (Å²) in [6.07, 6.45) is 4.30. The molecule has 2 N–H and O–H groups in total. The monoisotopic (exact) mass is 360 g/mol. The Morgan fingerprint density at radius 2 is 1.72 bits per heavy atom. The first-order valence-corrected chi connectivity index (χ1v) is 8.84. The van der Waals surface area contributed by atoms with Gasteiger partial charge in [0.2, 0.25) is 15.9 Å². The number of hydrogen-bond donors (Lipinski definition) is 2. The summed E-state index contributed by atoms with van der Waals surface area (Å²) in [6, 6.07) is 11.5. The van der Waals surface area contributed by atoms with E-state index in [1.807, 2.05) is 0 Å². The molecular weight excluding hydrogens is 343 g/mol. The Labute approximate surface area is 145 Å². The van der Waals surface area contributed by atoms with Crippen molar-refractivity contribution in [3.8, 4) is 0 Å². The quantitative estimate of drug-likeness (QED) is 0.589. The maximum absolute atomic E-state index is 12.8. The highest BCUT2D eigenvalue weighted by Crippen LogP contribution is 2.14. The van der Waals surface area contributed by atoms with Crippen LogP contribution < -0.4 is 10.0 Å². The van der Waals surface area contributed by atoms with Crippen molar-refractivity contribution < 1.29 is 17.6 Å². The highest BCUT2D eigenvalue weighted by atomic mass is 32.2. The fraction of sp³-hybridized carbons (Fsp3) is 0.0556. The first kappa shape index (κ1) is 18.6. The molecule has 0 saturated heterocycles. The van der Waals surface area contributed by atoms with Gasteiger partial charge in [-0.2, -0.15) is 0 Å². The van der Waals surface area contributed by atoms with E-state index in [1.54, 1.807) is 18.2 Å². The van der Waals surface area contributed by atoms with Gasteiger partial charge in [-0.05, 0) is 48.0 Å². The lowest BCUT2D eigenvalue weighted by atomic mass is 10.2. The predicted octanol–water partition coefficient (Wildman–Crippen LogP) is 2.94. The molecule has 0 radical (unpaired) electrons. The lowest BCUT2D eigenvalue weighted by Crippen LogP contribution is -2.23. The lowest BCUT2D eigenvalue weighted by molar-refractivity contribution is -0.111. The summed E-state index contributed by atoms with van der Waals surface area (Å²) < 4.78 is 39.0. The van der Waals surface area contributed by atoms with Crippen molar-refractivity contribution in [1.82, 2.24) is 4.72 Å². The van der Waals surface area contributed by atoms with Gasteiger partial charge < -0.3 is 5.32 Å². The minimum absolute atomic E-state index is 0.0919. The van der Waals surface area contributed by atoms with Crippen molar-refractivity contribution in [2.75, 3.05) is 11.9 Å². The minimum Gasteiger partial charge on any atom is -0.323 e. The summed E-state index contributed by atoms with van der Waals surface area (Å²) in [7, 11) is -3.60. The van der Waals surface area contributed by atoms with Crippen molar-refractivity contribution in [1.29, 1.82) is 0 Å². The topological polar surface area (TPSA) is 75.3 Å². The van der Waals surface area contributed by atoms with Gasteiger partial charge in [-0.3, -0.25) is 4.79 Å². The standard InChI is InChI=1S/C18H17FN2O3S/c1-2-13-20-25(23,24)17-10-8-16(9-11-17)21-18(22)12-5-14-3-6-15(19)7-4-14/h2-12,20H,1,13H2,(H,21,22). The van der Waals surface area contributed by atoms with Crippen LogP contribution in [0.1, 0.15) is 5.56 Å². The third-order valence-corrected chi connectivity index (χ3v) is 4.59. The molecular formula is C18H17FN2O3S. The average molecular weight is 360 g/mol. The number of amides is 1. The molecule has 1 amide bonds. The summed E-state index contributed by atoms with van der Waals surface area (Å²) in [6.45, 7) is 3.58. The fourth-order valence-electron chi connectivity index (χ4n) is 1.90. The van der Waals surface area contributed by atoms with E-state index in [2.05, 4.69) is 16.6 Å². The number of sulfonamides is 1. The number of anilines is 1. The zero-order chi connectivity index (χ0) is 18.3. The normalized spacial score (nSPS) is 11.4. The zero-order valence-corrected chi connectivity index (χ0v) is 14.1.